The molecular weight excluding hydrogens is 378 g/mol. The van der Waals surface area contributed by atoms with Gasteiger partial charge in [0.05, 0.1) is 30.7 Å². The second-order valence-corrected chi connectivity index (χ2v) is 7.28. The van der Waals surface area contributed by atoms with Crippen LogP contribution in [0.3, 0.4) is 0 Å². The van der Waals surface area contributed by atoms with Crippen molar-refractivity contribution in [3.63, 3.8) is 0 Å². The van der Waals surface area contributed by atoms with Crippen LogP contribution >= 0.6 is 11.6 Å². The Labute approximate surface area is 167 Å². The second kappa shape index (κ2) is 7.73. The molecule has 0 bridgehead atoms. The van der Waals surface area contributed by atoms with Gasteiger partial charge in [0.2, 0.25) is 5.91 Å². The molecule has 1 aliphatic heterocycles. The quantitative estimate of drug-likeness (QED) is 0.681. The third-order valence-electron chi connectivity index (χ3n) is 5.01. The van der Waals surface area contributed by atoms with Crippen LogP contribution in [0.4, 0.5) is 0 Å². The van der Waals surface area contributed by atoms with Crippen molar-refractivity contribution in [2.75, 3.05) is 19.7 Å². The number of halogens is 1. The summed E-state index contributed by atoms with van der Waals surface area (Å²) >= 11 is 5.96. The first-order chi connectivity index (χ1) is 13.5. The summed E-state index contributed by atoms with van der Waals surface area (Å²) in [5, 5.41) is 6.30. The summed E-state index contributed by atoms with van der Waals surface area (Å²) in [6.07, 6.45) is -0.0399. The minimum Gasteiger partial charge on any atom is -0.370 e. The van der Waals surface area contributed by atoms with Crippen LogP contribution in [-0.2, 0) is 23.0 Å². The van der Waals surface area contributed by atoms with E-state index in [4.69, 9.17) is 16.3 Å². The lowest BCUT2D eigenvalue weighted by Crippen LogP contribution is -2.43. The molecule has 0 saturated carbocycles. The van der Waals surface area contributed by atoms with Crippen LogP contribution in [0.5, 0.6) is 0 Å². The van der Waals surface area contributed by atoms with Gasteiger partial charge in [-0.25, -0.2) is 4.68 Å². The largest absolute Gasteiger partial charge is 0.370 e. The number of amides is 1. The number of nitrogens with zero attached hydrogens (tertiary/aromatic N) is 3. The predicted octanol–water partition coefficient (Wildman–Crippen LogP) is 2.73. The Morgan fingerprint density at radius 3 is 2.64 bits per heavy atom. The highest BCUT2D eigenvalue weighted by Gasteiger charge is 2.26. The van der Waals surface area contributed by atoms with Crippen LogP contribution in [0.15, 0.2) is 53.3 Å². The Balaban J connectivity index is 1.55. The van der Waals surface area contributed by atoms with E-state index in [9.17, 15) is 9.59 Å². The number of carbonyl (C=O) groups is 1. The Bertz CT molecular complexity index is 1080. The number of ether oxygens (including phenoxy) is 1. The van der Waals surface area contributed by atoms with Gasteiger partial charge in [0, 0.05) is 24.0 Å². The number of aryl methyl sites for hydroxylation is 1. The molecule has 0 spiro atoms. The summed E-state index contributed by atoms with van der Waals surface area (Å²) in [5.74, 6) is -0.0291. The second-order valence-electron chi connectivity index (χ2n) is 6.85. The first kappa shape index (κ1) is 18.7. The number of benzene rings is 2. The van der Waals surface area contributed by atoms with Crippen LogP contribution in [0.25, 0.3) is 10.8 Å². The number of hydrogen-bond donors (Lipinski definition) is 0. The summed E-state index contributed by atoms with van der Waals surface area (Å²) in [6.45, 7) is 1.48. The molecule has 2 aromatic carbocycles. The van der Waals surface area contributed by atoms with Crippen molar-refractivity contribution in [2.45, 2.75) is 12.5 Å². The monoisotopic (exact) mass is 397 g/mol. The Morgan fingerprint density at radius 2 is 1.89 bits per heavy atom. The third-order valence-corrected chi connectivity index (χ3v) is 5.26. The highest BCUT2D eigenvalue weighted by atomic mass is 35.5. The summed E-state index contributed by atoms with van der Waals surface area (Å²) in [4.78, 5) is 27.0. The van der Waals surface area contributed by atoms with Crippen molar-refractivity contribution in [2.24, 2.45) is 7.05 Å². The lowest BCUT2D eigenvalue weighted by Gasteiger charge is -2.33. The fraction of sp³-hybridized carbons (Fsp3) is 0.286. The lowest BCUT2D eigenvalue weighted by molar-refractivity contribution is -0.138. The van der Waals surface area contributed by atoms with E-state index in [1.165, 1.54) is 4.68 Å². The van der Waals surface area contributed by atoms with Crippen molar-refractivity contribution < 1.29 is 9.53 Å². The van der Waals surface area contributed by atoms with Gasteiger partial charge in [-0.3, -0.25) is 9.59 Å². The third kappa shape index (κ3) is 3.66. The number of morpholine rings is 1. The van der Waals surface area contributed by atoms with Crippen LogP contribution in [0.1, 0.15) is 17.4 Å². The van der Waals surface area contributed by atoms with Gasteiger partial charge < -0.3 is 9.64 Å². The molecule has 0 N–H and O–H groups in total. The van der Waals surface area contributed by atoms with Crippen LogP contribution in [-0.4, -0.2) is 40.3 Å². The average Bonchev–Trinajstić information content (AvgIpc) is 2.72. The van der Waals surface area contributed by atoms with Crippen molar-refractivity contribution >= 4 is 28.3 Å². The zero-order valence-electron chi connectivity index (χ0n) is 15.5. The number of aromatic nitrogens is 2. The molecule has 144 valence electrons. The molecule has 1 fully saturated rings. The SMILES string of the molecule is Cn1nc(CC(=O)N2CCOC(c3ccc(Cl)cc3)C2)c2ccccc2c1=O. The molecule has 0 aliphatic carbocycles. The maximum atomic E-state index is 13.0. The number of hydrogen-bond acceptors (Lipinski definition) is 4. The summed E-state index contributed by atoms with van der Waals surface area (Å²) in [7, 11) is 1.61. The summed E-state index contributed by atoms with van der Waals surface area (Å²) in [6, 6.07) is 14.7. The fourth-order valence-corrected chi connectivity index (χ4v) is 3.64. The molecular formula is C21H20ClN3O3. The lowest BCUT2D eigenvalue weighted by atomic mass is 10.1. The molecule has 1 saturated heterocycles. The van der Waals surface area contributed by atoms with E-state index in [-0.39, 0.29) is 24.0 Å². The summed E-state index contributed by atoms with van der Waals surface area (Å²) < 4.78 is 7.13. The van der Waals surface area contributed by atoms with Crippen molar-refractivity contribution in [3.05, 3.63) is 75.2 Å². The molecule has 2 heterocycles. The normalized spacial score (nSPS) is 17.1. The standard InChI is InChI=1S/C21H20ClN3O3/c1-24-21(27)17-5-3-2-4-16(17)18(23-24)12-20(26)25-10-11-28-19(13-25)14-6-8-15(22)9-7-14/h2-9,19H,10-13H2,1H3. The van der Waals surface area contributed by atoms with Crippen molar-refractivity contribution in [1.82, 2.24) is 14.7 Å². The van der Waals surface area contributed by atoms with Gasteiger partial charge in [-0.05, 0) is 23.8 Å². The van der Waals surface area contributed by atoms with Gasteiger partial charge in [-0.1, -0.05) is 41.9 Å². The highest BCUT2D eigenvalue weighted by molar-refractivity contribution is 6.30. The Kier molecular flexibility index (Phi) is 5.15. The maximum Gasteiger partial charge on any atom is 0.274 e. The van der Waals surface area contributed by atoms with Crippen molar-refractivity contribution in [1.29, 1.82) is 0 Å². The maximum absolute atomic E-state index is 13.0. The molecule has 6 nitrogen and oxygen atoms in total. The Hall–Kier alpha value is -2.70. The number of carbonyl (C=O) groups excluding carboxylic acids is 1. The predicted molar refractivity (Wildman–Crippen MR) is 107 cm³/mol. The fourth-order valence-electron chi connectivity index (χ4n) is 3.52. The van der Waals surface area contributed by atoms with Crippen LogP contribution in [0.2, 0.25) is 5.02 Å². The average molecular weight is 398 g/mol. The molecule has 7 heteroatoms. The molecule has 1 aromatic heterocycles. The molecule has 0 radical (unpaired) electrons. The van der Waals surface area contributed by atoms with E-state index in [0.29, 0.717) is 35.8 Å². The van der Waals surface area contributed by atoms with E-state index < -0.39 is 0 Å². The number of rotatable bonds is 3. The van der Waals surface area contributed by atoms with Gasteiger partial charge in [-0.2, -0.15) is 5.10 Å². The number of fused-ring (bicyclic) bond motifs is 1. The highest BCUT2D eigenvalue weighted by Crippen LogP contribution is 2.24. The first-order valence-electron chi connectivity index (χ1n) is 9.12. The minimum absolute atomic E-state index is 0.0291. The molecule has 4 rings (SSSR count). The Morgan fingerprint density at radius 1 is 1.18 bits per heavy atom. The van der Waals surface area contributed by atoms with E-state index in [1.54, 1.807) is 18.0 Å². The van der Waals surface area contributed by atoms with Gasteiger partial charge in [0.1, 0.15) is 6.10 Å². The van der Waals surface area contributed by atoms with Crippen LogP contribution < -0.4 is 5.56 Å². The smallest absolute Gasteiger partial charge is 0.274 e. The van der Waals surface area contributed by atoms with E-state index in [1.807, 2.05) is 42.5 Å². The minimum atomic E-state index is -0.181. The van der Waals surface area contributed by atoms with Gasteiger partial charge >= 0.3 is 0 Å². The van der Waals surface area contributed by atoms with E-state index in [0.717, 1.165) is 10.9 Å². The molecule has 1 atom stereocenters. The zero-order valence-corrected chi connectivity index (χ0v) is 16.2. The molecule has 1 aliphatic rings. The molecule has 1 unspecified atom stereocenters. The summed E-state index contributed by atoms with van der Waals surface area (Å²) in [5.41, 5.74) is 1.44. The molecule has 3 aromatic rings. The van der Waals surface area contributed by atoms with Crippen molar-refractivity contribution in [3.8, 4) is 0 Å². The van der Waals surface area contributed by atoms with E-state index in [2.05, 4.69) is 5.10 Å². The zero-order chi connectivity index (χ0) is 19.7. The van der Waals surface area contributed by atoms with Crippen LogP contribution in [0, 0.1) is 0 Å². The van der Waals surface area contributed by atoms with Gasteiger partial charge in [0.25, 0.3) is 5.56 Å². The molecule has 1 amide bonds. The topological polar surface area (TPSA) is 64.4 Å². The molecule has 28 heavy (non-hydrogen) atoms. The van der Waals surface area contributed by atoms with Gasteiger partial charge in [0.15, 0.2) is 0 Å². The van der Waals surface area contributed by atoms with Gasteiger partial charge in [-0.15, -0.1) is 0 Å². The first-order valence-corrected chi connectivity index (χ1v) is 9.50. The van der Waals surface area contributed by atoms with E-state index >= 15 is 0 Å².